The van der Waals surface area contributed by atoms with Crippen LogP contribution in [-0.4, -0.2) is 12.2 Å². The summed E-state index contributed by atoms with van der Waals surface area (Å²) < 4.78 is 5.14. The fraction of sp³-hybridized carbons (Fsp3) is 0.455. The molecule has 3 nitrogen and oxygen atoms in total. The van der Waals surface area contributed by atoms with E-state index in [2.05, 4.69) is 0 Å². The van der Waals surface area contributed by atoms with Gasteiger partial charge in [0.05, 0.1) is 7.11 Å². The molecule has 0 aliphatic carbocycles. The summed E-state index contributed by atoms with van der Waals surface area (Å²) in [6.45, 7) is 5.65. The van der Waals surface area contributed by atoms with E-state index < -0.39 is 0 Å². The first kappa shape index (κ1) is 10.9. The average molecular weight is 195 g/mol. The highest BCUT2D eigenvalue weighted by molar-refractivity contribution is 5.54. The van der Waals surface area contributed by atoms with Gasteiger partial charge >= 0.3 is 0 Å². The first-order chi connectivity index (χ1) is 6.49. The van der Waals surface area contributed by atoms with Crippen LogP contribution in [0.4, 0.5) is 0 Å². The fourth-order valence-corrected chi connectivity index (χ4v) is 1.62. The maximum atomic E-state index is 9.72. The van der Waals surface area contributed by atoms with Crippen molar-refractivity contribution in [2.45, 2.75) is 26.8 Å². The second kappa shape index (κ2) is 3.88. The molecule has 1 aromatic rings. The smallest absolute Gasteiger partial charge is 0.163 e. The van der Waals surface area contributed by atoms with E-state index in [0.29, 0.717) is 5.75 Å². The molecule has 0 aromatic heterocycles. The monoisotopic (exact) mass is 195 g/mol. The molecular formula is C11H17NO2. The summed E-state index contributed by atoms with van der Waals surface area (Å²) in [5, 5.41) is 9.72. The van der Waals surface area contributed by atoms with Crippen molar-refractivity contribution >= 4 is 0 Å². The Morgan fingerprint density at radius 2 is 2.00 bits per heavy atom. The summed E-state index contributed by atoms with van der Waals surface area (Å²) in [4.78, 5) is 0. The van der Waals surface area contributed by atoms with Gasteiger partial charge < -0.3 is 15.6 Å². The molecule has 0 radical (unpaired) electrons. The van der Waals surface area contributed by atoms with Gasteiger partial charge in [0.25, 0.3) is 0 Å². The van der Waals surface area contributed by atoms with Crippen molar-refractivity contribution in [2.24, 2.45) is 5.73 Å². The summed E-state index contributed by atoms with van der Waals surface area (Å²) >= 11 is 0. The number of phenols is 1. The first-order valence-corrected chi connectivity index (χ1v) is 4.61. The van der Waals surface area contributed by atoms with E-state index in [1.54, 1.807) is 7.11 Å². The number of rotatable bonds is 2. The van der Waals surface area contributed by atoms with Gasteiger partial charge in [0, 0.05) is 6.04 Å². The van der Waals surface area contributed by atoms with Crippen LogP contribution in [0.2, 0.25) is 0 Å². The van der Waals surface area contributed by atoms with Crippen LogP contribution in [0.5, 0.6) is 11.5 Å². The van der Waals surface area contributed by atoms with E-state index in [1.165, 1.54) is 0 Å². The third kappa shape index (κ3) is 1.68. The molecule has 14 heavy (non-hydrogen) atoms. The highest BCUT2D eigenvalue weighted by atomic mass is 16.5. The number of hydrogen-bond acceptors (Lipinski definition) is 3. The lowest BCUT2D eigenvalue weighted by atomic mass is 9.98. The zero-order valence-corrected chi connectivity index (χ0v) is 9.09. The van der Waals surface area contributed by atoms with Gasteiger partial charge in [0.15, 0.2) is 11.5 Å². The maximum Gasteiger partial charge on any atom is 0.163 e. The Bertz CT molecular complexity index is 346. The van der Waals surface area contributed by atoms with Crippen LogP contribution in [0.1, 0.15) is 29.7 Å². The lowest BCUT2D eigenvalue weighted by Gasteiger charge is -2.16. The van der Waals surface area contributed by atoms with Gasteiger partial charge in [-0.15, -0.1) is 0 Å². The zero-order valence-electron chi connectivity index (χ0n) is 9.09. The van der Waals surface area contributed by atoms with Crippen molar-refractivity contribution in [1.82, 2.24) is 0 Å². The molecule has 0 heterocycles. The molecule has 1 atom stereocenters. The van der Waals surface area contributed by atoms with Crippen molar-refractivity contribution < 1.29 is 9.84 Å². The van der Waals surface area contributed by atoms with Crippen LogP contribution < -0.4 is 10.5 Å². The van der Waals surface area contributed by atoms with Gasteiger partial charge in [-0.05, 0) is 37.5 Å². The van der Waals surface area contributed by atoms with Gasteiger partial charge in [-0.25, -0.2) is 0 Å². The van der Waals surface area contributed by atoms with Crippen LogP contribution in [0, 0.1) is 13.8 Å². The highest BCUT2D eigenvalue weighted by Crippen LogP contribution is 2.36. The molecule has 0 spiro atoms. The fourth-order valence-electron chi connectivity index (χ4n) is 1.62. The van der Waals surface area contributed by atoms with E-state index in [9.17, 15) is 5.11 Å². The van der Waals surface area contributed by atoms with Gasteiger partial charge in [0.1, 0.15) is 0 Å². The standard InChI is InChI=1S/C11H17NO2/c1-6-5-9(8(3)12)7(2)11(14-4)10(6)13/h5,8,13H,12H2,1-4H3. The topological polar surface area (TPSA) is 55.5 Å². The van der Waals surface area contributed by atoms with Crippen molar-refractivity contribution in [1.29, 1.82) is 0 Å². The maximum absolute atomic E-state index is 9.72. The molecule has 0 aliphatic rings. The largest absolute Gasteiger partial charge is 0.504 e. The quantitative estimate of drug-likeness (QED) is 0.759. The zero-order chi connectivity index (χ0) is 10.9. The van der Waals surface area contributed by atoms with Crippen molar-refractivity contribution in [3.63, 3.8) is 0 Å². The molecule has 3 heteroatoms. The lowest BCUT2D eigenvalue weighted by molar-refractivity contribution is 0.368. The Balaban J connectivity index is 3.42. The van der Waals surface area contributed by atoms with E-state index in [1.807, 2.05) is 26.8 Å². The van der Waals surface area contributed by atoms with Crippen LogP contribution in [0.3, 0.4) is 0 Å². The third-order valence-electron chi connectivity index (χ3n) is 2.43. The molecular weight excluding hydrogens is 178 g/mol. The van der Waals surface area contributed by atoms with Crippen LogP contribution >= 0.6 is 0 Å². The predicted molar refractivity (Wildman–Crippen MR) is 56.7 cm³/mol. The lowest BCUT2D eigenvalue weighted by Crippen LogP contribution is -2.08. The SMILES string of the molecule is COc1c(C)c(C(C)N)cc(C)c1O. The van der Waals surface area contributed by atoms with Crippen molar-refractivity contribution in [3.05, 3.63) is 22.8 Å². The Kier molecular flexibility index (Phi) is 3.01. The van der Waals surface area contributed by atoms with E-state index in [-0.39, 0.29) is 11.8 Å². The van der Waals surface area contributed by atoms with Crippen LogP contribution in [0.25, 0.3) is 0 Å². The average Bonchev–Trinajstić information content (AvgIpc) is 2.12. The number of aryl methyl sites for hydroxylation is 1. The molecule has 1 rings (SSSR count). The molecule has 0 aliphatic heterocycles. The molecule has 0 bridgehead atoms. The van der Waals surface area contributed by atoms with Crippen molar-refractivity contribution in [3.8, 4) is 11.5 Å². The van der Waals surface area contributed by atoms with E-state index in [0.717, 1.165) is 16.7 Å². The van der Waals surface area contributed by atoms with Gasteiger partial charge in [-0.3, -0.25) is 0 Å². The van der Waals surface area contributed by atoms with Crippen LogP contribution in [0.15, 0.2) is 6.07 Å². The molecule has 78 valence electrons. The second-order valence-corrected chi connectivity index (χ2v) is 3.58. The van der Waals surface area contributed by atoms with E-state index in [4.69, 9.17) is 10.5 Å². The molecule has 0 amide bonds. The summed E-state index contributed by atoms with van der Waals surface area (Å²) in [6.07, 6.45) is 0. The number of methoxy groups -OCH3 is 1. The molecule has 1 aromatic carbocycles. The molecule has 0 fully saturated rings. The summed E-state index contributed by atoms with van der Waals surface area (Å²) in [5.41, 5.74) is 8.53. The Hall–Kier alpha value is -1.22. The predicted octanol–water partition coefficient (Wildman–Crippen LogP) is 2.04. The summed E-state index contributed by atoms with van der Waals surface area (Å²) in [7, 11) is 1.55. The molecule has 0 saturated heterocycles. The Morgan fingerprint density at radius 3 is 2.43 bits per heavy atom. The number of phenolic OH excluding ortho intramolecular Hbond substituents is 1. The number of nitrogens with two attached hydrogens (primary N) is 1. The Morgan fingerprint density at radius 1 is 1.43 bits per heavy atom. The van der Waals surface area contributed by atoms with Gasteiger partial charge in [-0.1, -0.05) is 6.07 Å². The number of benzene rings is 1. The highest BCUT2D eigenvalue weighted by Gasteiger charge is 2.14. The minimum absolute atomic E-state index is 0.0526. The second-order valence-electron chi connectivity index (χ2n) is 3.58. The van der Waals surface area contributed by atoms with Gasteiger partial charge in [-0.2, -0.15) is 0 Å². The molecule has 3 N–H and O–H groups in total. The summed E-state index contributed by atoms with van der Waals surface area (Å²) in [5.74, 6) is 0.728. The number of ether oxygens (including phenoxy) is 1. The number of aromatic hydroxyl groups is 1. The van der Waals surface area contributed by atoms with E-state index >= 15 is 0 Å². The number of hydrogen-bond donors (Lipinski definition) is 2. The third-order valence-corrected chi connectivity index (χ3v) is 2.43. The summed E-state index contributed by atoms with van der Waals surface area (Å²) in [6, 6.07) is 1.85. The first-order valence-electron chi connectivity index (χ1n) is 4.61. The normalized spacial score (nSPS) is 12.6. The van der Waals surface area contributed by atoms with Gasteiger partial charge in [0.2, 0.25) is 0 Å². The van der Waals surface area contributed by atoms with Crippen LogP contribution in [-0.2, 0) is 0 Å². The molecule has 0 saturated carbocycles. The minimum Gasteiger partial charge on any atom is -0.504 e. The minimum atomic E-state index is -0.0526. The Labute approximate surface area is 84.5 Å². The van der Waals surface area contributed by atoms with Crippen molar-refractivity contribution in [2.75, 3.05) is 7.11 Å². The molecule has 1 unspecified atom stereocenters.